The van der Waals surface area contributed by atoms with E-state index in [1.807, 2.05) is 6.07 Å². The summed E-state index contributed by atoms with van der Waals surface area (Å²) in [5, 5.41) is 16.8. The fraction of sp³-hybridized carbons (Fsp3) is 0.182. The average molecular weight is 249 g/mol. The molecular formula is C11H9ClN4O. The standard InChI is InChI=1S/C11H9ClN4O/c1-16-6-9(14-15-16)7-17-11-3-2-8(5-13)4-10(11)12/h2-4,6H,7H2,1H3. The summed E-state index contributed by atoms with van der Waals surface area (Å²) in [5.74, 6) is 0.524. The summed E-state index contributed by atoms with van der Waals surface area (Å²) in [6.45, 7) is 0.291. The molecule has 0 aliphatic carbocycles. The smallest absolute Gasteiger partial charge is 0.138 e. The van der Waals surface area contributed by atoms with Crippen LogP contribution in [0.25, 0.3) is 0 Å². The third kappa shape index (κ3) is 2.74. The van der Waals surface area contributed by atoms with Gasteiger partial charge in [0.2, 0.25) is 0 Å². The third-order valence-electron chi connectivity index (χ3n) is 2.09. The maximum atomic E-state index is 8.69. The monoisotopic (exact) mass is 248 g/mol. The summed E-state index contributed by atoms with van der Waals surface area (Å²) in [4.78, 5) is 0. The molecule has 0 unspecified atom stereocenters. The van der Waals surface area contributed by atoms with Crippen LogP contribution in [0.2, 0.25) is 5.02 Å². The number of hydrogen-bond donors (Lipinski definition) is 0. The number of rotatable bonds is 3. The Morgan fingerprint density at radius 1 is 1.53 bits per heavy atom. The molecule has 5 nitrogen and oxygen atoms in total. The van der Waals surface area contributed by atoms with Gasteiger partial charge in [0.25, 0.3) is 0 Å². The molecule has 6 heteroatoms. The van der Waals surface area contributed by atoms with E-state index in [1.54, 1.807) is 36.1 Å². The molecule has 1 heterocycles. The van der Waals surface area contributed by atoms with E-state index in [0.717, 1.165) is 0 Å². The minimum absolute atomic E-state index is 0.291. The number of aryl methyl sites for hydroxylation is 1. The Labute approximate surface area is 103 Å². The molecule has 0 fully saturated rings. The van der Waals surface area contributed by atoms with E-state index in [0.29, 0.717) is 28.6 Å². The van der Waals surface area contributed by atoms with Gasteiger partial charge in [-0.3, -0.25) is 4.68 Å². The van der Waals surface area contributed by atoms with Crippen LogP contribution in [-0.2, 0) is 13.7 Å². The maximum Gasteiger partial charge on any atom is 0.138 e. The number of benzene rings is 1. The summed E-state index contributed by atoms with van der Waals surface area (Å²) in [5.41, 5.74) is 1.22. The van der Waals surface area contributed by atoms with Crippen molar-refractivity contribution in [1.82, 2.24) is 15.0 Å². The van der Waals surface area contributed by atoms with E-state index >= 15 is 0 Å². The highest BCUT2D eigenvalue weighted by Crippen LogP contribution is 2.25. The SMILES string of the molecule is Cn1cc(COc2ccc(C#N)cc2Cl)nn1. The Balaban J connectivity index is 2.07. The van der Waals surface area contributed by atoms with Gasteiger partial charge >= 0.3 is 0 Å². The fourth-order valence-electron chi connectivity index (χ4n) is 1.30. The van der Waals surface area contributed by atoms with Gasteiger partial charge in [-0.2, -0.15) is 5.26 Å². The number of aromatic nitrogens is 3. The molecule has 2 rings (SSSR count). The third-order valence-corrected chi connectivity index (χ3v) is 2.38. The van der Waals surface area contributed by atoms with E-state index in [9.17, 15) is 0 Å². The molecule has 0 aliphatic heterocycles. The molecular weight excluding hydrogens is 240 g/mol. The largest absolute Gasteiger partial charge is 0.486 e. The lowest BCUT2D eigenvalue weighted by atomic mass is 10.2. The first kappa shape index (κ1) is 11.4. The van der Waals surface area contributed by atoms with Crippen molar-refractivity contribution in [1.29, 1.82) is 5.26 Å². The summed E-state index contributed by atoms with van der Waals surface area (Å²) in [6, 6.07) is 6.88. The fourth-order valence-corrected chi connectivity index (χ4v) is 1.54. The van der Waals surface area contributed by atoms with Crippen molar-refractivity contribution >= 4 is 11.6 Å². The van der Waals surface area contributed by atoms with Gasteiger partial charge in [-0.15, -0.1) is 5.10 Å². The van der Waals surface area contributed by atoms with Crippen molar-refractivity contribution < 1.29 is 4.74 Å². The Morgan fingerprint density at radius 3 is 2.94 bits per heavy atom. The molecule has 0 N–H and O–H groups in total. The van der Waals surface area contributed by atoms with Crippen LogP contribution in [-0.4, -0.2) is 15.0 Å². The summed E-state index contributed by atoms with van der Waals surface area (Å²) in [6.07, 6.45) is 1.76. The molecule has 0 atom stereocenters. The van der Waals surface area contributed by atoms with Gasteiger partial charge in [0.05, 0.1) is 22.9 Å². The molecule has 0 amide bonds. The molecule has 1 aromatic heterocycles. The second kappa shape index (κ2) is 4.85. The average Bonchev–Trinajstić information content (AvgIpc) is 2.73. The highest BCUT2D eigenvalue weighted by atomic mass is 35.5. The van der Waals surface area contributed by atoms with Crippen LogP contribution in [0, 0.1) is 11.3 Å². The van der Waals surface area contributed by atoms with Crippen LogP contribution >= 0.6 is 11.6 Å². The lowest BCUT2D eigenvalue weighted by Gasteiger charge is -2.05. The van der Waals surface area contributed by atoms with Crippen LogP contribution in [0.3, 0.4) is 0 Å². The molecule has 86 valence electrons. The predicted molar refractivity (Wildman–Crippen MR) is 61.5 cm³/mol. The zero-order valence-electron chi connectivity index (χ0n) is 9.09. The van der Waals surface area contributed by atoms with E-state index in [-0.39, 0.29) is 0 Å². The van der Waals surface area contributed by atoms with Gasteiger partial charge in [0.1, 0.15) is 18.1 Å². The normalized spacial score (nSPS) is 9.94. The Morgan fingerprint density at radius 2 is 2.35 bits per heavy atom. The molecule has 0 saturated carbocycles. The molecule has 0 radical (unpaired) electrons. The van der Waals surface area contributed by atoms with Crippen molar-refractivity contribution in [2.45, 2.75) is 6.61 Å². The molecule has 2 aromatic rings. The maximum absolute atomic E-state index is 8.69. The van der Waals surface area contributed by atoms with Gasteiger partial charge in [0.15, 0.2) is 0 Å². The van der Waals surface area contributed by atoms with Crippen molar-refractivity contribution in [2.75, 3.05) is 0 Å². The van der Waals surface area contributed by atoms with E-state index in [4.69, 9.17) is 21.6 Å². The molecule has 0 spiro atoms. The van der Waals surface area contributed by atoms with Crippen molar-refractivity contribution in [3.8, 4) is 11.8 Å². The molecule has 1 aromatic carbocycles. The predicted octanol–water partition coefficient (Wildman–Crippen LogP) is 1.92. The van der Waals surface area contributed by atoms with Crippen molar-refractivity contribution in [3.05, 3.63) is 40.7 Å². The van der Waals surface area contributed by atoms with Crippen molar-refractivity contribution in [2.24, 2.45) is 7.05 Å². The van der Waals surface area contributed by atoms with Gasteiger partial charge in [-0.1, -0.05) is 16.8 Å². The van der Waals surface area contributed by atoms with Crippen LogP contribution in [0.1, 0.15) is 11.3 Å². The summed E-state index contributed by atoms with van der Waals surface area (Å²) < 4.78 is 7.07. The highest BCUT2D eigenvalue weighted by molar-refractivity contribution is 6.32. The lowest BCUT2D eigenvalue weighted by molar-refractivity contribution is 0.301. The first-order valence-corrected chi connectivity index (χ1v) is 5.24. The van der Waals surface area contributed by atoms with E-state index in [1.165, 1.54) is 0 Å². The highest BCUT2D eigenvalue weighted by Gasteiger charge is 2.05. The Kier molecular flexibility index (Phi) is 3.26. The minimum atomic E-state index is 0.291. The minimum Gasteiger partial charge on any atom is -0.486 e. The molecule has 0 bridgehead atoms. The first-order valence-electron chi connectivity index (χ1n) is 4.86. The first-order chi connectivity index (χ1) is 8.19. The van der Waals surface area contributed by atoms with E-state index < -0.39 is 0 Å². The Bertz CT molecular complexity index is 573. The zero-order chi connectivity index (χ0) is 12.3. The number of hydrogen-bond acceptors (Lipinski definition) is 4. The quantitative estimate of drug-likeness (QED) is 0.832. The second-order valence-corrected chi connectivity index (χ2v) is 3.84. The number of ether oxygens (including phenoxy) is 1. The van der Waals surface area contributed by atoms with E-state index in [2.05, 4.69) is 10.3 Å². The van der Waals surface area contributed by atoms with Gasteiger partial charge in [0, 0.05) is 7.05 Å². The molecule has 0 aliphatic rings. The summed E-state index contributed by atoms with van der Waals surface area (Å²) >= 11 is 5.96. The molecule has 0 saturated heterocycles. The number of nitriles is 1. The topological polar surface area (TPSA) is 63.7 Å². The Hall–Kier alpha value is -2.06. The van der Waals surface area contributed by atoms with Gasteiger partial charge in [-0.25, -0.2) is 0 Å². The second-order valence-electron chi connectivity index (χ2n) is 3.43. The summed E-state index contributed by atoms with van der Waals surface area (Å²) in [7, 11) is 1.78. The van der Waals surface area contributed by atoms with Crippen LogP contribution in [0.15, 0.2) is 24.4 Å². The van der Waals surface area contributed by atoms with Gasteiger partial charge in [-0.05, 0) is 18.2 Å². The van der Waals surface area contributed by atoms with Crippen LogP contribution < -0.4 is 4.74 Å². The van der Waals surface area contributed by atoms with Crippen LogP contribution in [0.5, 0.6) is 5.75 Å². The zero-order valence-corrected chi connectivity index (χ0v) is 9.85. The molecule has 17 heavy (non-hydrogen) atoms. The number of halogens is 1. The lowest BCUT2D eigenvalue weighted by Crippen LogP contribution is -1.96. The van der Waals surface area contributed by atoms with Gasteiger partial charge < -0.3 is 4.74 Å². The van der Waals surface area contributed by atoms with Crippen LogP contribution in [0.4, 0.5) is 0 Å². The number of nitrogens with zero attached hydrogens (tertiary/aromatic N) is 4. The van der Waals surface area contributed by atoms with Crippen molar-refractivity contribution in [3.63, 3.8) is 0 Å².